The number of rotatable bonds is 6. The molecular formula is C15H29ClN2O2. The van der Waals surface area contributed by atoms with Crippen LogP contribution < -0.4 is 5.32 Å². The summed E-state index contributed by atoms with van der Waals surface area (Å²) in [5, 5.41) is 3.27. The Labute approximate surface area is 129 Å². The molecule has 2 saturated carbocycles. The number of nitrogens with zero attached hydrogens (tertiary/aromatic N) is 1. The summed E-state index contributed by atoms with van der Waals surface area (Å²) in [6, 6.07) is 0.271. The number of amides is 1. The molecule has 118 valence electrons. The molecule has 0 aromatic rings. The molecule has 0 spiro atoms. The average Bonchev–Trinajstić information content (AvgIpc) is 3.18. The summed E-state index contributed by atoms with van der Waals surface area (Å²) in [5.74, 6) is 1.01. The minimum atomic E-state index is -0.117. The first-order valence-corrected chi connectivity index (χ1v) is 7.33. The molecular weight excluding hydrogens is 276 g/mol. The van der Waals surface area contributed by atoms with Crippen molar-refractivity contribution in [2.24, 2.45) is 11.3 Å². The van der Waals surface area contributed by atoms with Gasteiger partial charge < -0.3 is 15.0 Å². The van der Waals surface area contributed by atoms with Gasteiger partial charge in [-0.2, -0.15) is 0 Å². The van der Waals surface area contributed by atoms with E-state index in [1.807, 2.05) is 11.9 Å². The molecule has 2 aliphatic rings. The maximum atomic E-state index is 12.2. The van der Waals surface area contributed by atoms with E-state index in [0.29, 0.717) is 6.54 Å². The minimum Gasteiger partial charge on any atom is -0.378 e. The Morgan fingerprint density at radius 1 is 1.35 bits per heavy atom. The topological polar surface area (TPSA) is 41.6 Å². The fourth-order valence-electron chi connectivity index (χ4n) is 3.08. The van der Waals surface area contributed by atoms with E-state index in [2.05, 4.69) is 26.1 Å². The highest BCUT2D eigenvalue weighted by atomic mass is 35.5. The second kappa shape index (κ2) is 6.20. The predicted octanol–water partition coefficient (Wildman–Crippen LogP) is 2.07. The number of hydrogen-bond donors (Lipinski definition) is 1. The van der Waals surface area contributed by atoms with Gasteiger partial charge in [0, 0.05) is 25.6 Å². The predicted molar refractivity (Wildman–Crippen MR) is 83.2 cm³/mol. The molecule has 0 heterocycles. The van der Waals surface area contributed by atoms with E-state index < -0.39 is 0 Å². The molecule has 2 unspecified atom stereocenters. The van der Waals surface area contributed by atoms with Gasteiger partial charge in [0.05, 0.1) is 12.1 Å². The highest BCUT2D eigenvalue weighted by Crippen LogP contribution is 2.53. The van der Waals surface area contributed by atoms with Crippen molar-refractivity contribution in [1.29, 1.82) is 0 Å². The van der Waals surface area contributed by atoms with Gasteiger partial charge in [0.1, 0.15) is 0 Å². The van der Waals surface area contributed by atoms with Crippen LogP contribution in [0.3, 0.4) is 0 Å². The van der Waals surface area contributed by atoms with E-state index >= 15 is 0 Å². The van der Waals surface area contributed by atoms with Gasteiger partial charge in [-0.15, -0.1) is 12.4 Å². The van der Waals surface area contributed by atoms with E-state index in [1.165, 1.54) is 12.8 Å². The molecule has 2 rings (SSSR count). The first kappa shape index (κ1) is 17.7. The summed E-state index contributed by atoms with van der Waals surface area (Å²) in [6.07, 6.45) is 3.55. The molecule has 0 aliphatic heterocycles. The first-order valence-electron chi connectivity index (χ1n) is 7.33. The lowest BCUT2D eigenvalue weighted by Gasteiger charge is -2.61. The number of ether oxygens (including phenoxy) is 1. The zero-order valence-corrected chi connectivity index (χ0v) is 14.2. The van der Waals surface area contributed by atoms with Crippen LogP contribution in [-0.2, 0) is 9.53 Å². The summed E-state index contributed by atoms with van der Waals surface area (Å²) in [7, 11) is 3.68. The van der Waals surface area contributed by atoms with Crippen LogP contribution in [0.15, 0.2) is 0 Å². The third kappa shape index (κ3) is 3.12. The Kier molecular flexibility index (Phi) is 5.50. The molecule has 5 heteroatoms. The first-order chi connectivity index (χ1) is 8.82. The standard InChI is InChI=1S/C15H28N2O2.ClH/c1-14(2)12(8-15(14,3)19-5)17(4)13(18)10-16-9-11-6-7-11;/h11-12,16H,6-10H2,1-5H3;1H. The lowest BCUT2D eigenvalue weighted by atomic mass is 9.55. The molecule has 0 saturated heterocycles. The van der Waals surface area contributed by atoms with Crippen LogP contribution in [0.4, 0.5) is 0 Å². The zero-order chi connectivity index (χ0) is 14.3. The van der Waals surface area contributed by atoms with Gasteiger partial charge >= 0.3 is 0 Å². The number of hydrogen-bond acceptors (Lipinski definition) is 3. The van der Waals surface area contributed by atoms with E-state index in [0.717, 1.165) is 18.9 Å². The smallest absolute Gasteiger partial charge is 0.236 e. The number of methoxy groups -OCH3 is 1. The summed E-state index contributed by atoms with van der Waals surface area (Å²) in [5.41, 5.74) is -0.115. The van der Waals surface area contributed by atoms with Gasteiger partial charge in [-0.3, -0.25) is 4.79 Å². The highest BCUT2D eigenvalue weighted by Gasteiger charge is 2.59. The van der Waals surface area contributed by atoms with Crippen molar-refractivity contribution in [3.63, 3.8) is 0 Å². The number of nitrogens with one attached hydrogen (secondary N) is 1. The van der Waals surface area contributed by atoms with Gasteiger partial charge in [-0.05, 0) is 38.6 Å². The van der Waals surface area contributed by atoms with Crippen molar-refractivity contribution in [1.82, 2.24) is 10.2 Å². The Morgan fingerprint density at radius 3 is 2.40 bits per heavy atom. The van der Waals surface area contributed by atoms with E-state index in [4.69, 9.17) is 4.74 Å². The van der Waals surface area contributed by atoms with Gasteiger partial charge in [-0.1, -0.05) is 13.8 Å². The molecule has 2 atom stereocenters. The number of carbonyl (C=O) groups is 1. The summed E-state index contributed by atoms with van der Waals surface area (Å²) in [6.45, 7) is 7.96. The zero-order valence-electron chi connectivity index (χ0n) is 13.4. The van der Waals surface area contributed by atoms with E-state index in [9.17, 15) is 4.79 Å². The Bertz CT molecular complexity index is 358. The molecule has 4 nitrogen and oxygen atoms in total. The minimum absolute atomic E-state index is 0. The molecule has 1 N–H and O–H groups in total. The lowest BCUT2D eigenvalue weighted by Crippen LogP contribution is -2.69. The summed E-state index contributed by atoms with van der Waals surface area (Å²) < 4.78 is 5.62. The normalized spacial score (nSPS) is 31.1. The van der Waals surface area contributed by atoms with Crippen LogP contribution in [-0.4, -0.2) is 49.7 Å². The molecule has 1 amide bonds. The van der Waals surface area contributed by atoms with Crippen LogP contribution in [0, 0.1) is 11.3 Å². The fraction of sp³-hybridized carbons (Fsp3) is 0.933. The van der Waals surface area contributed by atoms with Gasteiger partial charge in [-0.25, -0.2) is 0 Å². The van der Waals surface area contributed by atoms with Crippen molar-refractivity contribution >= 4 is 18.3 Å². The van der Waals surface area contributed by atoms with Gasteiger partial charge in [0.15, 0.2) is 0 Å². The van der Waals surface area contributed by atoms with Gasteiger partial charge in [0.2, 0.25) is 5.91 Å². The maximum Gasteiger partial charge on any atom is 0.236 e. The Hall–Kier alpha value is -0.320. The van der Waals surface area contributed by atoms with Crippen molar-refractivity contribution < 1.29 is 9.53 Å². The Balaban J connectivity index is 0.00000200. The lowest BCUT2D eigenvalue weighted by molar-refractivity contribution is -0.207. The van der Waals surface area contributed by atoms with Crippen LogP contribution in [0.1, 0.15) is 40.0 Å². The second-order valence-corrected chi connectivity index (χ2v) is 6.96. The van der Waals surface area contributed by atoms with Crippen LogP contribution in [0.5, 0.6) is 0 Å². The number of carbonyl (C=O) groups excluding carboxylic acids is 1. The third-order valence-corrected chi connectivity index (χ3v) is 5.50. The van der Waals surface area contributed by atoms with E-state index in [1.54, 1.807) is 7.11 Å². The maximum absolute atomic E-state index is 12.2. The molecule has 20 heavy (non-hydrogen) atoms. The molecule has 0 radical (unpaired) electrons. The fourth-order valence-corrected chi connectivity index (χ4v) is 3.08. The monoisotopic (exact) mass is 304 g/mol. The molecule has 0 aromatic carbocycles. The number of likely N-dealkylation sites (N-methyl/N-ethyl adjacent to an activating group) is 1. The van der Waals surface area contributed by atoms with E-state index in [-0.39, 0.29) is 35.4 Å². The van der Waals surface area contributed by atoms with Crippen molar-refractivity contribution in [3.05, 3.63) is 0 Å². The summed E-state index contributed by atoms with van der Waals surface area (Å²) >= 11 is 0. The Morgan fingerprint density at radius 2 is 1.95 bits per heavy atom. The average molecular weight is 305 g/mol. The van der Waals surface area contributed by atoms with Crippen molar-refractivity contribution in [3.8, 4) is 0 Å². The quantitative estimate of drug-likeness (QED) is 0.817. The van der Waals surface area contributed by atoms with Crippen LogP contribution >= 0.6 is 12.4 Å². The summed E-state index contributed by atoms with van der Waals surface area (Å²) in [4.78, 5) is 14.1. The molecule has 2 aliphatic carbocycles. The number of halogens is 1. The second-order valence-electron chi connectivity index (χ2n) is 6.96. The van der Waals surface area contributed by atoms with Gasteiger partial charge in [0.25, 0.3) is 0 Å². The van der Waals surface area contributed by atoms with Crippen molar-refractivity contribution in [2.45, 2.75) is 51.7 Å². The van der Waals surface area contributed by atoms with Crippen LogP contribution in [0.2, 0.25) is 0 Å². The molecule has 2 fully saturated rings. The molecule has 0 bridgehead atoms. The third-order valence-electron chi connectivity index (χ3n) is 5.50. The van der Waals surface area contributed by atoms with Crippen molar-refractivity contribution in [2.75, 3.05) is 27.2 Å². The van der Waals surface area contributed by atoms with Crippen LogP contribution in [0.25, 0.3) is 0 Å². The largest absolute Gasteiger partial charge is 0.378 e. The molecule has 0 aromatic heterocycles. The highest BCUT2D eigenvalue weighted by molar-refractivity contribution is 5.85. The SMILES string of the molecule is COC1(C)CC(N(C)C(=O)CNCC2CC2)C1(C)C.Cl.